The maximum absolute atomic E-state index is 13.3. The number of fused-ring (bicyclic) bond motifs is 1. The second-order valence-corrected chi connectivity index (χ2v) is 16.6. The number of amides is 5. The SMILES string of the molecule is Cc1cc(-c2ccnc(Nc3ccc(N4CCN(CC5CN(c6ccc7c(c6)C(=O)N(C6CCC(=O)NC6=O)C7=O)C5)CC4)cc3)n2)ccc1CNC(=O)/C(C=N)=C/NC(C)C. The molecule has 4 aromatic rings. The molecular formula is C46H51N11O5. The van der Waals surface area contributed by atoms with Crippen molar-refractivity contribution < 1.29 is 24.0 Å². The second kappa shape index (κ2) is 18.0. The summed E-state index contributed by atoms with van der Waals surface area (Å²) < 4.78 is 0. The molecule has 0 bridgehead atoms. The van der Waals surface area contributed by atoms with Crippen LogP contribution in [0.25, 0.3) is 11.3 Å². The lowest BCUT2D eigenvalue weighted by Crippen LogP contribution is -2.55. The Morgan fingerprint density at radius 3 is 2.35 bits per heavy atom. The number of nitrogens with one attached hydrogen (secondary N) is 5. The first kappa shape index (κ1) is 41.8. The zero-order chi connectivity index (χ0) is 43.5. The van der Waals surface area contributed by atoms with Gasteiger partial charge in [-0.25, -0.2) is 9.97 Å². The third-order valence-electron chi connectivity index (χ3n) is 11.8. The van der Waals surface area contributed by atoms with Crippen molar-refractivity contribution in [3.8, 4) is 11.3 Å². The van der Waals surface area contributed by atoms with Crippen LogP contribution in [-0.4, -0.2) is 113 Å². The van der Waals surface area contributed by atoms with Gasteiger partial charge in [-0.15, -0.1) is 0 Å². The molecule has 1 aromatic heterocycles. The number of rotatable bonds is 14. The number of carbonyl (C=O) groups is 5. The molecule has 1 unspecified atom stereocenters. The molecule has 0 spiro atoms. The number of imide groups is 2. The zero-order valence-corrected chi connectivity index (χ0v) is 35.1. The van der Waals surface area contributed by atoms with Crippen LogP contribution in [0, 0.1) is 18.3 Å². The molecule has 4 aliphatic rings. The average molecular weight is 838 g/mol. The summed E-state index contributed by atoms with van der Waals surface area (Å²) in [6.45, 7) is 12.7. The fourth-order valence-corrected chi connectivity index (χ4v) is 8.33. The first-order valence-corrected chi connectivity index (χ1v) is 21.1. The van der Waals surface area contributed by atoms with Gasteiger partial charge in [0.1, 0.15) is 6.04 Å². The van der Waals surface area contributed by atoms with E-state index in [9.17, 15) is 24.0 Å². The van der Waals surface area contributed by atoms with E-state index in [1.807, 2.05) is 63.2 Å². The van der Waals surface area contributed by atoms with Gasteiger partial charge in [-0.3, -0.25) is 39.1 Å². The van der Waals surface area contributed by atoms with E-state index in [1.54, 1.807) is 24.5 Å². The molecule has 16 nitrogen and oxygen atoms in total. The molecule has 5 N–H and O–H groups in total. The molecule has 0 radical (unpaired) electrons. The topological polar surface area (TPSA) is 196 Å². The molecule has 16 heteroatoms. The highest BCUT2D eigenvalue weighted by molar-refractivity contribution is 6.23. The van der Waals surface area contributed by atoms with Crippen LogP contribution in [-0.2, 0) is 20.9 Å². The van der Waals surface area contributed by atoms with Gasteiger partial charge in [-0.1, -0.05) is 12.1 Å². The van der Waals surface area contributed by atoms with Crippen molar-refractivity contribution in [2.75, 3.05) is 60.9 Å². The fraction of sp³-hybridized carbons (Fsp3) is 0.348. The van der Waals surface area contributed by atoms with E-state index in [0.29, 0.717) is 29.5 Å². The number of carbonyl (C=O) groups excluding carboxylic acids is 5. The maximum Gasteiger partial charge on any atom is 0.262 e. The van der Waals surface area contributed by atoms with E-state index < -0.39 is 29.7 Å². The normalized spacial score (nSPS) is 18.4. The van der Waals surface area contributed by atoms with Gasteiger partial charge >= 0.3 is 0 Å². The maximum atomic E-state index is 13.3. The molecule has 0 aliphatic carbocycles. The molecule has 5 amide bonds. The van der Waals surface area contributed by atoms with E-state index >= 15 is 0 Å². The summed E-state index contributed by atoms with van der Waals surface area (Å²) in [5.74, 6) is -1.31. The molecule has 62 heavy (non-hydrogen) atoms. The van der Waals surface area contributed by atoms with Crippen molar-refractivity contribution in [1.29, 1.82) is 5.41 Å². The largest absolute Gasteiger partial charge is 0.388 e. The van der Waals surface area contributed by atoms with Crippen LogP contribution in [0.2, 0.25) is 0 Å². The van der Waals surface area contributed by atoms with Gasteiger partial charge in [-0.2, -0.15) is 0 Å². The molecule has 8 rings (SSSR count). The lowest BCUT2D eigenvalue weighted by Gasteiger charge is -2.45. The Balaban J connectivity index is 0.786. The number of aryl methyl sites for hydroxylation is 1. The lowest BCUT2D eigenvalue weighted by molar-refractivity contribution is -0.136. The lowest BCUT2D eigenvalue weighted by atomic mass is 9.97. The first-order chi connectivity index (χ1) is 29.9. The molecule has 5 heterocycles. The molecule has 4 aliphatic heterocycles. The Morgan fingerprint density at radius 1 is 0.903 bits per heavy atom. The molecule has 320 valence electrons. The van der Waals surface area contributed by atoms with Crippen molar-refractivity contribution in [1.82, 2.24) is 35.7 Å². The molecule has 3 saturated heterocycles. The van der Waals surface area contributed by atoms with Crippen molar-refractivity contribution in [2.45, 2.75) is 52.2 Å². The summed E-state index contributed by atoms with van der Waals surface area (Å²) in [5, 5.41) is 19.1. The predicted octanol–water partition coefficient (Wildman–Crippen LogP) is 4.00. The van der Waals surface area contributed by atoms with Gasteiger partial charge in [0.2, 0.25) is 17.8 Å². The minimum Gasteiger partial charge on any atom is -0.388 e. The number of hydrogen-bond donors (Lipinski definition) is 5. The summed E-state index contributed by atoms with van der Waals surface area (Å²) in [6.07, 6.45) is 4.57. The van der Waals surface area contributed by atoms with Gasteiger partial charge in [0.25, 0.3) is 17.7 Å². The summed E-state index contributed by atoms with van der Waals surface area (Å²) in [6, 6.07) is 20.7. The summed E-state index contributed by atoms with van der Waals surface area (Å²) in [4.78, 5) is 80.4. The average Bonchev–Trinajstić information content (AvgIpc) is 3.49. The number of nitrogens with zero attached hydrogens (tertiary/aromatic N) is 6. The number of aromatic nitrogens is 2. The Hall–Kier alpha value is -6.94. The zero-order valence-electron chi connectivity index (χ0n) is 35.1. The Morgan fingerprint density at radius 2 is 1.65 bits per heavy atom. The van der Waals surface area contributed by atoms with Crippen molar-refractivity contribution in [3.63, 3.8) is 0 Å². The molecule has 3 aromatic carbocycles. The standard InChI is InChI=1S/C46H51N11O5/c1-28(2)49-24-33(22-47)42(59)50-23-32-5-4-31(20-29(32)3)39-14-15-48-46(52-39)51-34-6-8-35(9-7-34)55-18-16-54(17-19-55)25-30-26-56(27-30)36-10-11-37-38(21-36)45(62)57(44(37)61)40-12-13-41(58)53-43(40)60/h4-11,14-15,20-22,24,28,30,40,47,49H,12-13,16-19,23,25-27H2,1-3H3,(H,50,59)(H,48,51,52)(H,53,58,60)/b33-24+,47-22?. The van der Waals surface area contributed by atoms with E-state index in [1.165, 1.54) is 0 Å². The highest BCUT2D eigenvalue weighted by Gasteiger charge is 2.45. The van der Waals surface area contributed by atoms with Crippen LogP contribution in [0.5, 0.6) is 0 Å². The van der Waals surface area contributed by atoms with Gasteiger partial charge in [0.05, 0.1) is 22.4 Å². The molecule has 1 atom stereocenters. The van der Waals surface area contributed by atoms with E-state index in [4.69, 9.17) is 10.4 Å². The monoisotopic (exact) mass is 837 g/mol. The van der Waals surface area contributed by atoms with Crippen molar-refractivity contribution >= 4 is 58.8 Å². The Bertz CT molecular complexity index is 2440. The van der Waals surface area contributed by atoms with Crippen LogP contribution < -0.4 is 31.1 Å². The van der Waals surface area contributed by atoms with Crippen LogP contribution in [0.15, 0.2) is 84.7 Å². The van der Waals surface area contributed by atoms with Gasteiger partial charge < -0.3 is 31.2 Å². The summed E-state index contributed by atoms with van der Waals surface area (Å²) in [5.41, 5.74) is 7.48. The van der Waals surface area contributed by atoms with Crippen molar-refractivity contribution in [3.05, 3.63) is 107 Å². The number of piperidine rings is 1. The third-order valence-corrected chi connectivity index (χ3v) is 11.8. The van der Waals surface area contributed by atoms with Crippen LogP contribution >= 0.6 is 0 Å². The smallest absolute Gasteiger partial charge is 0.262 e. The molecule has 3 fully saturated rings. The quantitative estimate of drug-likeness (QED) is 0.0697. The van der Waals surface area contributed by atoms with Gasteiger partial charge in [0, 0.05) is 112 Å². The first-order valence-electron chi connectivity index (χ1n) is 21.1. The van der Waals surface area contributed by atoms with Crippen LogP contribution in [0.3, 0.4) is 0 Å². The molecular weight excluding hydrogens is 787 g/mol. The van der Waals surface area contributed by atoms with Crippen LogP contribution in [0.4, 0.5) is 23.0 Å². The van der Waals surface area contributed by atoms with Gasteiger partial charge in [0.15, 0.2) is 0 Å². The fourth-order valence-electron chi connectivity index (χ4n) is 8.33. The van der Waals surface area contributed by atoms with Crippen molar-refractivity contribution in [2.24, 2.45) is 5.92 Å². The summed E-state index contributed by atoms with van der Waals surface area (Å²) in [7, 11) is 0. The van der Waals surface area contributed by atoms with E-state index in [-0.39, 0.29) is 30.4 Å². The summed E-state index contributed by atoms with van der Waals surface area (Å²) >= 11 is 0. The minimum atomic E-state index is -0.972. The highest BCUT2D eigenvalue weighted by Crippen LogP contribution is 2.33. The van der Waals surface area contributed by atoms with E-state index in [0.717, 1.165) is 96.4 Å². The number of piperazine rings is 1. The predicted molar refractivity (Wildman–Crippen MR) is 236 cm³/mol. The van der Waals surface area contributed by atoms with Gasteiger partial charge in [-0.05, 0) is 92.9 Å². The number of hydrogen-bond acceptors (Lipinski definition) is 13. The third kappa shape index (κ3) is 9.05. The minimum absolute atomic E-state index is 0.0914. The Labute approximate surface area is 360 Å². The number of anilines is 4. The van der Waals surface area contributed by atoms with E-state index in [2.05, 4.69) is 53.1 Å². The second-order valence-electron chi connectivity index (χ2n) is 16.6. The number of benzene rings is 3. The Kier molecular flexibility index (Phi) is 12.1. The molecule has 0 saturated carbocycles. The highest BCUT2D eigenvalue weighted by atomic mass is 16.2. The van der Waals surface area contributed by atoms with Crippen LogP contribution in [0.1, 0.15) is 58.5 Å².